The molecule has 0 saturated carbocycles. The number of aliphatic hydroxyl groups is 1. The lowest BCUT2D eigenvalue weighted by atomic mass is 10.00. The molecule has 188 valence electrons. The van der Waals surface area contributed by atoms with Gasteiger partial charge < -0.3 is 24.8 Å². The van der Waals surface area contributed by atoms with Crippen LogP contribution >= 0.6 is 11.6 Å². The SMILES string of the molecule is O=C(Cc1ccc(-c2ccc(Cl)cc2)cc1)N[C@H](CN1CCCC1)[C@H](O)c1ccc2c(c1)OCCO2. The summed E-state index contributed by atoms with van der Waals surface area (Å²) < 4.78 is 11.3. The predicted octanol–water partition coefficient (Wildman–Crippen LogP) is 4.63. The fourth-order valence-electron chi connectivity index (χ4n) is 4.84. The molecule has 2 aliphatic heterocycles. The van der Waals surface area contributed by atoms with Gasteiger partial charge in [0.05, 0.1) is 12.5 Å². The molecule has 3 aromatic carbocycles. The average molecular weight is 507 g/mol. The van der Waals surface area contributed by atoms with Crippen LogP contribution in [-0.2, 0) is 11.2 Å². The van der Waals surface area contributed by atoms with E-state index < -0.39 is 12.1 Å². The summed E-state index contributed by atoms with van der Waals surface area (Å²) in [7, 11) is 0. The van der Waals surface area contributed by atoms with Crippen LogP contribution in [0.3, 0.4) is 0 Å². The molecule has 2 aliphatic rings. The molecule has 0 unspecified atom stereocenters. The third kappa shape index (κ3) is 6.01. The van der Waals surface area contributed by atoms with Gasteiger partial charge in [0.15, 0.2) is 11.5 Å². The molecule has 1 saturated heterocycles. The molecule has 3 aromatic rings. The molecule has 1 amide bonds. The fraction of sp³-hybridized carbons (Fsp3) is 0.345. The van der Waals surface area contributed by atoms with E-state index in [1.807, 2.05) is 66.7 Å². The molecule has 0 spiro atoms. The number of hydrogen-bond donors (Lipinski definition) is 2. The Morgan fingerprint density at radius 2 is 1.56 bits per heavy atom. The molecule has 2 atom stereocenters. The lowest BCUT2D eigenvalue weighted by Crippen LogP contribution is -2.47. The van der Waals surface area contributed by atoms with Crippen LogP contribution in [0, 0.1) is 0 Å². The van der Waals surface area contributed by atoms with Crippen LogP contribution in [0.1, 0.15) is 30.1 Å². The molecule has 7 heteroatoms. The second kappa shape index (κ2) is 11.3. The van der Waals surface area contributed by atoms with Crippen LogP contribution in [0.2, 0.25) is 5.02 Å². The van der Waals surface area contributed by atoms with Crippen molar-refractivity contribution in [1.82, 2.24) is 10.2 Å². The van der Waals surface area contributed by atoms with E-state index in [4.69, 9.17) is 21.1 Å². The zero-order valence-corrected chi connectivity index (χ0v) is 20.9. The molecule has 2 heterocycles. The largest absolute Gasteiger partial charge is 0.486 e. The monoisotopic (exact) mass is 506 g/mol. The van der Waals surface area contributed by atoms with Crippen molar-refractivity contribution in [2.45, 2.75) is 31.4 Å². The number of amides is 1. The zero-order valence-electron chi connectivity index (χ0n) is 20.2. The average Bonchev–Trinajstić information content (AvgIpc) is 3.42. The normalized spacial score (nSPS) is 16.9. The van der Waals surface area contributed by atoms with E-state index in [1.54, 1.807) is 0 Å². The van der Waals surface area contributed by atoms with Crippen molar-refractivity contribution in [3.05, 3.63) is 82.9 Å². The summed E-state index contributed by atoms with van der Waals surface area (Å²) in [5.74, 6) is 1.19. The van der Waals surface area contributed by atoms with Gasteiger partial charge in [0.25, 0.3) is 0 Å². The number of nitrogens with zero attached hydrogens (tertiary/aromatic N) is 1. The number of aliphatic hydroxyl groups excluding tert-OH is 1. The Morgan fingerprint density at radius 1 is 0.917 bits per heavy atom. The Hall–Kier alpha value is -3.06. The molecule has 1 fully saturated rings. The molecule has 0 aliphatic carbocycles. The third-order valence-corrected chi connectivity index (χ3v) is 7.04. The van der Waals surface area contributed by atoms with Crippen molar-refractivity contribution in [3.8, 4) is 22.6 Å². The van der Waals surface area contributed by atoms with Crippen molar-refractivity contribution in [2.24, 2.45) is 0 Å². The highest BCUT2D eigenvalue weighted by Gasteiger charge is 2.28. The molecule has 0 aromatic heterocycles. The van der Waals surface area contributed by atoms with Gasteiger partial charge in [-0.05, 0) is 72.5 Å². The van der Waals surface area contributed by atoms with Crippen molar-refractivity contribution >= 4 is 17.5 Å². The van der Waals surface area contributed by atoms with E-state index in [9.17, 15) is 9.90 Å². The van der Waals surface area contributed by atoms with Gasteiger partial charge in [-0.2, -0.15) is 0 Å². The van der Waals surface area contributed by atoms with Crippen LogP contribution in [-0.4, -0.2) is 54.8 Å². The highest BCUT2D eigenvalue weighted by Crippen LogP contribution is 2.33. The topological polar surface area (TPSA) is 71.0 Å². The number of hydrogen-bond acceptors (Lipinski definition) is 5. The molecule has 36 heavy (non-hydrogen) atoms. The first-order valence-electron chi connectivity index (χ1n) is 12.5. The molecular weight excluding hydrogens is 476 g/mol. The van der Waals surface area contributed by atoms with Gasteiger partial charge in [-0.25, -0.2) is 0 Å². The van der Waals surface area contributed by atoms with Gasteiger partial charge in [0.1, 0.15) is 19.3 Å². The van der Waals surface area contributed by atoms with E-state index in [-0.39, 0.29) is 12.3 Å². The molecule has 2 N–H and O–H groups in total. The number of rotatable bonds is 8. The highest BCUT2D eigenvalue weighted by molar-refractivity contribution is 6.30. The number of fused-ring (bicyclic) bond motifs is 1. The predicted molar refractivity (Wildman–Crippen MR) is 141 cm³/mol. The summed E-state index contributed by atoms with van der Waals surface area (Å²) in [5.41, 5.74) is 3.76. The lowest BCUT2D eigenvalue weighted by molar-refractivity contribution is -0.122. The second-order valence-electron chi connectivity index (χ2n) is 9.41. The van der Waals surface area contributed by atoms with Crippen molar-refractivity contribution < 1.29 is 19.4 Å². The quantitative estimate of drug-likeness (QED) is 0.466. The number of likely N-dealkylation sites (tertiary alicyclic amines) is 1. The Balaban J connectivity index is 1.27. The van der Waals surface area contributed by atoms with Crippen molar-refractivity contribution in [3.63, 3.8) is 0 Å². The molecule has 0 radical (unpaired) electrons. The molecular formula is C29H31ClN2O4. The standard InChI is InChI=1S/C29H31ClN2O4/c30-24-10-7-22(8-11-24)21-5-3-20(4-6-21)17-28(33)31-25(19-32-13-1-2-14-32)29(34)23-9-12-26-27(18-23)36-16-15-35-26/h3-12,18,25,29,34H,1-2,13-17,19H2,(H,31,33)/t25-,29-/m1/s1. The van der Waals surface area contributed by atoms with Crippen LogP contribution in [0.4, 0.5) is 0 Å². The number of benzene rings is 3. The summed E-state index contributed by atoms with van der Waals surface area (Å²) in [5, 5.41) is 15.1. The maximum atomic E-state index is 13.1. The summed E-state index contributed by atoms with van der Waals surface area (Å²) in [6.07, 6.45) is 1.66. The minimum absolute atomic E-state index is 0.116. The molecule has 5 rings (SSSR count). The van der Waals surface area contributed by atoms with E-state index in [0.717, 1.165) is 42.6 Å². The van der Waals surface area contributed by atoms with Crippen LogP contribution in [0.25, 0.3) is 11.1 Å². The number of carbonyl (C=O) groups excluding carboxylic acids is 1. The minimum atomic E-state index is -0.863. The first-order valence-corrected chi connectivity index (χ1v) is 12.9. The van der Waals surface area contributed by atoms with Gasteiger partial charge >= 0.3 is 0 Å². The summed E-state index contributed by atoms with van der Waals surface area (Å²) in [6.45, 7) is 3.55. The first-order chi connectivity index (χ1) is 17.5. The summed E-state index contributed by atoms with van der Waals surface area (Å²) >= 11 is 5.99. The van der Waals surface area contributed by atoms with E-state index in [1.165, 1.54) is 0 Å². The lowest BCUT2D eigenvalue weighted by Gasteiger charge is -2.29. The second-order valence-corrected chi connectivity index (χ2v) is 9.85. The van der Waals surface area contributed by atoms with Crippen LogP contribution in [0.15, 0.2) is 66.7 Å². The van der Waals surface area contributed by atoms with E-state index >= 15 is 0 Å². The maximum Gasteiger partial charge on any atom is 0.224 e. The summed E-state index contributed by atoms with van der Waals surface area (Å²) in [6, 6.07) is 20.7. The van der Waals surface area contributed by atoms with E-state index in [0.29, 0.717) is 41.8 Å². The Morgan fingerprint density at radius 3 is 2.25 bits per heavy atom. The van der Waals surface area contributed by atoms with Crippen molar-refractivity contribution in [1.29, 1.82) is 0 Å². The third-order valence-electron chi connectivity index (χ3n) is 6.79. The molecule has 0 bridgehead atoms. The van der Waals surface area contributed by atoms with Crippen molar-refractivity contribution in [2.75, 3.05) is 32.8 Å². The zero-order chi connectivity index (χ0) is 24.9. The number of ether oxygens (including phenoxy) is 2. The highest BCUT2D eigenvalue weighted by atomic mass is 35.5. The van der Waals surface area contributed by atoms with Crippen LogP contribution in [0.5, 0.6) is 11.5 Å². The van der Waals surface area contributed by atoms with E-state index in [2.05, 4.69) is 10.2 Å². The Bertz CT molecular complexity index is 1180. The number of halogens is 1. The minimum Gasteiger partial charge on any atom is -0.486 e. The van der Waals surface area contributed by atoms with Gasteiger partial charge in [-0.15, -0.1) is 0 Å². The fourth-order valence-corrected chi connectivity index (χ4v) is 4.97. The maximum absolute atomic E-state index is 13.1. The Kier molecular flexibility index (Phi) is 7.75. The Labute approximate surface area is 216 Å². The summed E-state index contributed by atoms with van der Waals surface area (Å²) in [4.78, 5) is 15.4. The smallest absolute Gasteiger partial charge is 0.224 e. The van der Waals surface area contributed by atoms with Gasteiger partial charge in [0.2, 0.25) is 5.91 Å². The van der Waals surface area contributed by atoms with Crippen LogP contribution < -0.4 is 14.8 Å². The number of nitrogens with one attached hydrogen (secondary N) is 1. The van der Waals surface area contributed by atoms with Gasteiger partial charge in [-0.3, -0.25) is 4.79 Å². The molecule has 6 nitrogen and oxygen atoms in total. The first kappa shape index (κ1) is 24.6. The number of carbonyl (C=O) groups is 1. The van der Waals surface area contributed by atoms with Gasteiger partial charge in [-0.1, -0.05) is 54.1 Å². The van der Waals surface area contributed by atoms with Gasteiger partial charge in [0, 0.05) is 11.6 Å².